The molecule has 2 unspecified atom stereocenters. The minimum absolute atomic E-state index is 0. The summed E-state index contributed by atoms with van der Waals surface area (Å²) in [4.78, 5) is 14.3. The molecule has 1 aliphatic carbocycles. The summed E-state index contributed by atoms with van der Waals surface area (Å²) in [6.07, 6.45) is 8.30. The van der Waals surface area contributed by atoms with Crippen LogP contribution in [0.3, 0.4) is 0 Å². The minimum Gasteiger partial charge on any atom is -0.338 e. The van der Waals surface area contributed by atoms with Crippen LogP contribution in [-0.4, -0.2) is 29.9 Å². The Bertz CT molecular complexity index is 275. The molecule has 4 heteroatoms. The van der Waals surface area contributed by atoms with Gasteiger partial charge in [-0.15, -0.1) is 19.0 Å². The van der Waals surface area contributed by atoms with Crippen molar-refractivity contribution in [3.05, 3.63) is 12.7 Å². The molecule has 112 valence electrons. The van der Waals surface area contributed by atoms with Crippen molar-refractivity contribution in [3.63, 3.8) is 0 Å². The number of carbonyl (C=O) groups excluding carboxylic acids is 1. The first-order chi connectivity index (χ1) is 8.56. The maximum Gasteiger partial charge on any atom is 0.227 e. The van der Waals surface area contributed by atoms with E-state index in [0.29, 0.717) is 12.5 Å². The number of nitrogens with two attached hydrogens (primary N) is 1. The summed E-state index contributed by atoms with van der Waals surface area (Å²) in [5, 5.41) is 0. The van der Waals surface area contributed by atoms with Crippen LogP contribution in [0.25, 0.3) is 0 Å². The van der Waals surface area contributed by atoms with Crippen LogP contribution in [0.1, 0.15) is 46.0 Å². The monoisotopic (exact) mass is 288 g/mol. The summed E-state index contributed by atoms with van der Waals surface area (Å²) in [6.45, 7) is 9.10. The van der Waals surface area contributed by atoms with Gasteiger partial charge in [-0.25, -0.2) is 0 Å². The highest BCUT2D eigenvalue weighted by Crippen LogP contribution is 2.25. The van der Waals surface area contributed by atoms with Gasteiger partial charge in [0, 0.05) is 19.1 Å². The first kappa shape index (κ1) is 18.5. The quantitative estimate of drug-likeness (QED) is 0.764. The van der Waals surface area contributed by atoms with Crippen molar-refractivity contribution < 1.29 is 4.79 Å². The van der Waals surface area contributed by atoms with Crippen LogP contribution >= 0.6 is 12.4 Å². The lowest BCUT2D eigenvalue weighted by Gasteiger charge is -2.31. The predicted octanol–water partition coefficient (Wildman–Crippen LogP) is 2.99. The molecule has 0 aromatic rings. The number of carbonyl (C=O) groups is 1. The molecular formula is C15H29ClN2O. The summed E-state index contributed by atoms with van der Waals surface area (Å²) in [5.41, 5.74) is 5.83. The summed E-state index contributed by atoms with van der Waals surface area (Å²) in [5.74, 6) is 0.743. The molecule has 1 aliphatic rings. The van der Waals surface area contributed by atoms with Gasteiger partial charge in [0.2, 0.25) is 5.91 Å². The number of amides is 1. The largest absolute Gasteiger partial charge is 0.338 e. The van der Waals surface area contributed by atoms with Crippen LogP contribution in [-0.2, 0) is 4.79 Å². The fourth-order valence-corrected chi connectivity index (χ4v) is 2.60. The second-order valence-electron chi connectivity index (χ2n) is 5.68. The molecule has 1 fully saturated rings. The van der Waals surface area contributed by atoms with Gasteiger partial charge in [-0.05, 0) is 25.7 Å². The van der Waals surface area contributed by atoms with E-state index in [1.165, 1.54) is 32.1 Å². The molecule has 0 aliphatic heterocycles. The molecule has 1 saturated carbocycles. The van der Waals surface area contributed by atoms with Crippen molar-refractivity contribution in [1.29, 1.82) is 0 Å². The summed E-state index contributed by atoms with van der Waals surface area (Å²) >= 11 is 0. The van der Waals surface area contributed by atoms with E-state index in [4.69, 9.17) is 5.73 Å². The normalized spacial score (nSPS) is 19.1. The third-order valence-corrected chi connectivity index (χ3v) is 4.04. The van der Waals surface area contributed by atoms with Crippen LogP contribution < -0.4 is 5.73 Å². The van der Waals surface area contributed by atoms with Crippen molar-refractivity contribution in [2.45, 2.75) is 52.0 Å². The van der Waals surface area contributed by atoms with E-state index in [2.05, 4.69) is 6.58 Å². The number of nitrogens with zero attached hydrogens (tertiary/aromatic N) is 1. The van der Waals surface area contributed by atoms with E-state index < -0.39 is 0 Å². The first-order valence-corrected chi connectivity index (χ1v) is 7.21. The van der Waals surface area contributed by atoms with Gasteiger partial charge in [-0.2, -0.15) is 0 Å². The van der Waals surface area contributed by atoms with Crippen molar-refractivity contribution >= 4 is 18.3 Å². The lowest BCUT2D eigenvalue weighted by molar-refractivity contribution is -0.135. The van der Waals surface area contributed by atoms with Gasteiger partial charge in [-0.1, -0.05) is 32.3 Å². The summed E-state index contributed by atoms with van der Waals surface area (Å²) in [7, 11) is 0. The molecule has 2 atom stereocenters. The summed E-state index contributed by atoms with van der Waals surface area (Å²) < 4.78 is 0. The van der Waals surface area contributed by atoms with Crippen LogP contribution in [0.5, 0.6) is 0 Å². The van der Waals surface area contributed by atoms with E-state index in [-0.39, 0.29) is 30.3 Å². The van der Waals surface area contributed by atoms with E-state index in [1.54, 1.807) is 0 Å². The number of halogens is 1. The van der Waals surface area contributed by atoms with Crippen molar-refractivity contribution in [3.8, 4) is 0 Å². The average molecular weight is 289 g/mol. The molecule has 1 amide bonds. The number of rotatable bonds is 6. The smallest absolute Gasteiger partial charge is 0.227 e. The highest BCUT2D eigenvalue weighted by molar-refractivity contribution is 5.85. The molecule has 3 nitrogen and oxygen atoms in total. The van der Waals surface area contributed by atoms with Gasteiger partial charge in [0.05, 0.1) is 5.92 Å². The average Bonchev–Trinajstić information content (AvgIpc) is 2.37. The van der Waals surface area contributed by atoms with Crippen LogP contribution in [0.15, 0.2) is 12.7 Å². The zero-order valence-corrected chi connectivity index (χ0v) is 13.1. The van der Waals surface area contributed by atoms with Gasteiger partial charge in [0.15, 0.2) is 0 Å². The zero-order chi connectivity index (χ0) is 13.5. The third kappa shape index (κ3) is 5.96. The second-order valence-corrected chi connectivity index (χ2v) is 5.68. The highest BCUT2D eigenvalue weighted by Gasteiger charge is 2.25. The fourth-order valence-electron chi connectivity index (χ4n) is 2.60. The fraction of sp³-hybridized carbons (Fsp3) is 0.800. The minimum atomic E-state index is -0.103. The zero-order valence-electron chi connectivity index (χ0n) is 12.3. The van der Waals surface area contributed by atoms with Gasteiger partial charge >= 0.3 is 0 Å². The Morgan fingerprint density at radius 1 is 1.37 bits per heavy atom. The van der Waals surface area contributed by atoms with Crippen LogP contribution in [0.2, 0.25) is 0 Å². The third-order valence-electron chi connectivity index (χ3n) is 4.04. The lowest BCUT2D eigenvalue weighted by atomic mass is 9.88. The van der Waals surface area contributed by atoms with Crippen LogP contribution in [0, 0.1) is 11.8 Å². The van der Waals surface area contributed by atoms with Crippen molar-refractivity contribution in [2.24, 2.45) is 17.6 Å². The molecule has 1 rings (SSSR count). The Labute approximate surface area is 124 Å². The maximum absolute atomic E-state index is 12.3. The Kier molecular flexibility index (Phi) is 9.11. The van der Waals surface area contributed by atoms with E-state index in [9.17, 15) is 4.79 Å². The molecule has 0 aromatic heterocycles. The number of hydrogen-bond acceptors (Lipinski definition) is 2. The SMILES string of the molecule is C=CCN(CC1CCCCC1)C(=O)C(C)C(C)N.Cl. The molecule has 0 spiro atoms. The van der Waals surface area contributed by atoms with Gasteiger partial charge < -0.3 is 10.6 Å². The molecule has 19 heavy (non-hydrogen) atoms. The maximum atomic E-state index is 12.3. The van der Waals surface area contributed by atoms with E-state index in [1.807, 2.05) is 24.8 Å². The Hall–Kier alpha value is -0.540. The molecule has 0 saturated heterocycles. The molecular weight excluding hydrogens is 260 g/mol. The predicted molar refractivity (Wildman–Crippen MR) is 83.4 cm³/mol. The van der Waals surface area contributed by atoms with Crippen molar-refractivity contribution in [1.82, 2.24) is 4.90 Å². The standard InChI is InChI=1S/C15H28N2O.ClH/c1-4-10-17(15(18)12(2)13(3)16)11-14-8-6-5-7-9-14;/h4,12-14H,1,5-11,16H2,2-3H3;1H. The Morgan fingerprint density at radius 3 is 2.42 bits per heavy atom. The highest BCUT2D eigenvalue weighted by atomic mass is 35.5. The molecule has 0 bridgehead atoms. The second kappa shape index (κ2) is 9.38. The van der Waals surface area contributed by atoms with Gasteiger partial charge in [0.1, 0.15) is 0 Å². The van der Waals surface area contributed by atoms with E-state index in [0.717, 1.165) is 6.54 Å². The van der Waals surface area contributed by atoms with Crippen LogP contribution in [0.4, 0.5) is 0 Å². The van der Waals surface area contributed by atoms with Crippen molar-refractivity contribution in [2.75, 3.05) is 13.1 Å². The molecule has 2 N–H and O–H groups in total. The molecule has 0 heterocycles. The number of hydrogen-bond donors (Lipinski definition) is 1. The molecule has 0 radical (unpaired) electrons. The van der Waals surface area contributed by atoms with E-state index >= 15 is 0 Å². The lowest BCUT2D eigenvalue weighted by Crippen LogP contribution is -2.44. The summed E-state index contributed by atoms with van der Waals surface area (Å²) in [6, 6.07) is -0.0869. The Morgan fingerprint density at radius 2 is 1.95 bits per heavy atom. The van der Waals surface area contributed by atoms with Gasteiger partial charge in [0.25, 0.3) is 0 Å². The first-order valence-electron chi connectivity index (χ1n) is 7.21. The Balaban J connectivity index is 0.00000324. The topological polar surface area (TPSA) is 46.3 Å². The molecule has 0 aromatic carbocycles. The van der Waals surface area contributed by atoms with Gasteiger partial charge in [-0.3, -0.25) is 4.79 Å².